The average molecular weight is 374 g/mol. The van der Waals surface area contributed by atoms with Crippen LogP contribution in [0.25, 0.3) is 11.1 Å². The lowest BCUT2D eigenvalue weighted by atomic mass is 10.0. The molecule has 0 aromatic heterocycles. The third-order valence-corrected chi connectivity index (χ3v) is 5.69. The van der Waals surface area contributed by atoms with E-state index in [4.69, 9.17) is 13.8 Å². The zero-order valence-electron chi connectivity index (χ0n) is 14.3. The molecule has 1 aliphatic heterocycles. The van der Waals surface area contributed by atoms with Gasteiger partial charge in [-0.05, 0) is 19.1 Å². The van der Waals surface area contributed by atoms with Gasteiger partial charge < -0.3 is 14.4 Å². The summed E-state index contributed by atoms with van der Waals surface area (Å²) in [4.78, 5) is 11.4. The summed E-state index contributed by atoms with van der Waals surface area (Å²) in [5.41, 5.74) is 1.82. The molecule has 6 nitrogen and oxygen atoms in total. The number of hydrogen-bond donors (Lipinski definition) is 1. The molecule has 0 spiro atoms. The zero-order valence-corrected chi connectivity index (χ0v) is 15.1. The van der Waals surface area contributed by atoms with Crippen molar-refractivity contribution >= 4 is 18.9 Å². The van der Waals surface area contributed by atoms with Crippen LogP contribution in [0.15, 0.2) is 60.7 Å². The first kappa shape index (κ1) is 18.4. The van der Waals surface area contributed by atoms with Crippen molar-refractivity contribution in [2.75, 3.05) is 13.2 Å². The van der Waals surface area contributed by atoms with E-state index in [1.54, 1.807) is 24.3 Å². The standard InChI is InChI=1S/C19H19O6P/c1-13(2)19(21)23-11-14(20)12-24-26(22)18-10-6-4-8-16(18)15-7-3-5-9-17(15)25-26/h3-10,14,20H,1,11-12H2,2H3. The molecular weight excluding hydrogens is 355 g/mol. The maximum absolute atomic E-state index is 13.3. The molecule has 2 unspecified atom stereocenters. The molecule has 3 rings (SSSR count). The fourth-order valence-electron chi connectivity index (χ4n) is 2.51. The Morgan fingerprint density at radius 3 is 2.54 bits per heavy atom. The topological polar surface area (TPSA) is 82.1 Å². The van der Waals surface area contributed by atoms with Gasteiger partial charge in [0.1, 0.15) is 18.5 Å². The van der Waals surface area contributed by atoms with Crippen molar-refractivity contribution in [3.8, 4) is 16.9 Å². The van der Waals surface area contributed by atoms with Crippen LogP contribution in [-0.2, 0) is 18.6 Å². The van der Waals surface area contributed by atoms with Crippen molar-refractivity contribution in [2.24, 2.45) is 0 Å². The van der Waals surface area contributed by atoms with Crippen LogP contribution in [0.3, 0.4) is 0 Å². The molecule has 2 aromatic rings. The minimum absolute atomic E-state index is 0.229. The first-order chi connectivity index (χ1) is 12.4. The van der Waals surface area contributed by atoms with E-state index in [0.717, 1.165) is 11.1 Å². The van der Waals surface area contributed by atoms with Gasteiger partial charge >= 0.3 is 13.6 Å². The van der Waals surface area contributed by atoms with Gasteiger partial charge in [0.25, 0.3) is 0 Å². The number of hydrogen-bond acceptors (Lipinski definition) is 6. The van der Waals surface area contributed by atoms with Gasteiger partial charge in [0.05, 0.1) is 11.9 Å². The van der Waals surface area contributed by atoms with Gasteiger partial charge in [-0.3, -0.25) is 4.52 Å². The second-order valence-electron chi connectivity index (χ2n) is 5.93. The van der Waals surface area contributed by atoms with Crippen molar-refractivity contribution in [1.29, 1.82) is 0 Å². The fraction of sp³-hybridized carbons (Fsp3) is 0.211. The molecule has 0 bridgehead atoms. The van der Waals surface area contributed by atoms with Crippen LogP contribution in [0.4, 0.5) is 0 Å². The van der Waals surface area contributed by atoms with Crippen LogP contribution < -0.4 is 9.83 Å². The first-order valence-electron chi connectivity index (χ1n) is 8.04. The van der Waals surface area contributed by atoms with Crippen LogP contribution in [0, 0.1) is 0 Å². The molecule has 1 heterocycles. The SMILES string of the molecule is C=C(C)C(=O)OCC(O)COP1(=O)Oc2ccccc2-c2ccccc21. The summed E-state index contributed by atoms with van der Waals surface area (Å²) in [7, 11) is -3.67. The van der Waals surface area contributed by atoms with E-state index in [9.17, 15) is 14.5 Å². The highest BCUT2D eigenvalue weighted by atomic mass is 31.2. The molecule has 136 valence electrons. The predicted molar refractivity (Wildman–Crippen MR) is 97.5 cm³/mol. The van der Waals surface area contributed by atoms with E-state index >= 15 is 0 Å². The molecule has 1 aliphatic rings. The zero-order chi connectivity index (χ0) is 18.7. The molecular formula is C19H19O6P. The Hall–Kier alpha value is -2.40. The molecule has 2 aromatic carbocycles. The van der Waals surface area contributed by atoms with Crippen molar-refractivity contribution in [3.63, 3.8) is 0 Å². The van der Waals surface area contributed by atoms with Crippen LogP contribution in [0.1, 0.15) is 6.92 Å². The van der Waals surface area contributed by atoms with E-state index in [2.05, 4.69) is 6.58 Å². The Bertz CT molecular complexity index is 891. The first-order valence-corrected chi connectivity index (χ1v) is 9.59. The Morgan fingerprint density at radius 2 is 1.81 bits per heavy atom. The van der Waals surface area contributed by atoms with Gasteiger partial charge in [-0.25, -0.2) is 9.36 Å². The van der Waals surface area contributed by atoms with Crippen LogP contribution in [0.2, 0.25) is 0 Å². The lowest BCUT2D eigenvalue weighted by Gasteiger charge is -2.28. The molecule has 1 N–H and O–H groups in total. The van der Waals surface area contributed by atoms with Gasteiger partial charge in [-0.2, -0.15) is 0 Å². The minimum Gasteiger partial charge on any atom is -0.460 e. The molecule has 26 heavy (non-hydrogen) atoms. The Labute approximate surface area is 151 Å². The Kier molecular flexibility index (Phi) is 5.28. The van der Waals surface area contributed by atoms with Gasteiger partial charge in [0.2, 0.25) is 0 Å². The highest BCUT2D eigenvalue weighted by molar-refractivity contribution is 7.63. The average Bonchev–Trinajstić information content (AvgIpc) is 2.64. The van der Waals surface area contributed by atoms with Crippen molar-refractivity contribution in [2.45, 2.75) is 13.0 Å². The van der Waals surface area contributed by atoms with Gasteiger partial charge in [-0.1, -0.05) is 43.0 Å². The summed E-state index contributed by atoms with van der Waals surface area (Å²) in [6.45, 7) is 4.37. The van der Waals surface area contributed by atoms with Crippen LogP contribution in [-0.4, -0.2) is 30.4 Å². The number of fused-ring (bicyclic) bond motifs is 3. The molecule has 0 saturated heterocycles. The third-order valence-electron chi connectivity index (χ3n) is 3.79. The summed E-state index contributed by atoms with van der Waals surface area (Å²) in [5.74, 6) is -0.151. The van der Waals surface area contributed by atoms with E-state index in [1.807, 2.05) is 24.3 Å². The van der Waals surface area contributed by atoms with E-state index in [-0.39, 0.29) is 18.8 Å². The van der Waals surface area contributed by atoms with Crippen molar-refractivity contribution in [1.82, 2.24) is 0 Å². The Morgan fingerprint density at radius 1 is 1.15 bits per heavy atom. The number of esters is 1. The Balaban J connectivity index is 1.75. The molecule has 0 radical (unpaired) electrons. The highest BCUT2D eigenvalue weighted by Gasteiger charge is 2.37. The quantitative estimate of drug-likeness (QED) is 0.475. The van der Waals surface area contributed by atoms with E-state index in [0.29, 0.717) is 11.1 Å². The summed E-state index contributed by atoms with van der Waals surface area (Å²) >= 11 is 0. The number of para-hydroxylation sites is 1. The van der Waals surface area contributed by atoms with Crippen LogP contribution >= 0.6 is 7.60 Å². The number of aliphatic hydroxyl groups excluding tert-OH is 1. The second kappa shape index (κ2) is 7.46. The lowest BCUT2D eigenvalue weighted by Crippen LogP contribution is -2.26. The minimum atomic E-state index is -3.67. The number of ether oxygens (including phenoxy) is 1. The van der Waals surface area contributed by atoms with Gasteiger partial charge in [0, 0.05) is 16.7 Å². The summed E-state index contributed by atoms with van der Waals surface area (Å²) in [6.07, 6.45) is -1.14. The van der Waals surface area contributed by atoms with E-state index < -0.39 is 19.7 Å². The number of benzene rings is 2. The van der Waals surface area contributed by atoms with Crippen molar-refractivity contribution < 1.29 is 28.3 Å². The summed E-state index contributed by atoms with van der Waals surface area (Å²) in [5, 5.41) is 10.4. The summed E-state index contributed by atoms with van der Waals surface area (Å²) < 4.78 is 29.3. The molecule has 0 fully saturated rings. The largest absolute Gasteiger partial charge is 0.460 e. The fourth-order valence-corrected chi connectivity index (χ4v) is 4.35. The summed E-state index contributed by atoms with van der Waals surface area (Å²) in [6, 6.07) is 14.4. The lowest BCUT2D eigenvalue weighted by molar-refractivity contribution is -0.142. The number of aliphatic hydroxyl groups is 1. The molecule has 0 aliphatic carbocycles. The number of carbonyl (C=O) groups is 1. The molecule has 0 amide bonds. The molecule has 7 heteroatoms. The predicted octanol–water partition coefficient (Wildman–Crippen LogP) is 3.06. The number of rotatable bonds is 6. The van der Waals surface area contributed by atoms with Gasteiger partial charge in [0.15, 0.2) is 0 Å². The smallest absolute Gasteiger partial charge is 0.411 e. The molecule has 2 atom stereocenters. The normalized spacial score (nSPS) is 18.8. The van der Waals surface area contributed by atoms with Crippen molar-refractivity contribution in [3.05, 3.63) is 60.7 Å². The second-order valence-corrected chi connectivity index (χ2v) is 7.85. The maximum atomic E-state index is 13.3. The van der Waals surface area contributed by atoms with Gasteiger partial charge in [-0.15, -0.1) is 0 Å². The number of carbonyl (C=O) groups excluding carboxylic acids is 1. The highest BCUT2D eigenvalue weighted by Crippen LogP contribution is 2.55. The van der Waals surface area contributed by atoms with Crippen LogP contribution in [0.5, 0.6) is 5.75 Å². The third kappa shape index (κ3) is 3.73. The van der Waals surface area contributed by atoms with E-state index in [1.165, 1.54) is 6.92 Å². The monoisotopic (exact) mass is 374 g/mol. The molecule has 0 saturated carbocycles. The maximum Gasteiger partial charge on any atom is 0.411 e.